The zero-order valence-corrected chi connectivity index (χ0v) is 9.03. The Morgan fingerprint density at radius 1 is 1.73 bits per heavy atom. The van der Waals surface area contributed by atoms with Gasteiger partial charge in [-0.15, -0.1) is 5.10 Å². The Bertz CT molecular complexity index is 351. The highest BCUT2D eigenvalue weighted by Crippen LogP contribution is 2.36. The number of hydrogen-bond donors (Lipinski definition) is 1. The van der Waals surface area contributed by atoms with Gasteiger partial charge in [0.25, 0.3) is 5.91 Å². The minimum Gasteiger partial charge on any atom is -0.277 e. The predicted octanol–water partition coefficient (Wildman–Crippen LogP) is -0.222. The van der Waals surface area contributed by atoms with Crippen LogP contribution < -0.4 is 5.48 Å². The summed E-state index contributed by atoms with van der Waals surface area (Å²) in [4.78, 5) is 15.6. The quantitative estimate of drug-likeness (QED) is 0.555. The molecule has 1 fully saturated rings. The number of hydrogen-bond acceptors (Lipinski definition) is 6. The Hall–Kier alpha value is -1.15. The van der Waals surface area contributed by atoms with Gasteiger partial charge in [0.05, 0.1) is 18.9 Å². The summed E-state index contributed by atoms with van der Waals surface area (Å²) in [5, 5.41) is 12.0. The van der Waals surface area contributed by atoms with Crippen LogP contribution in [0, 0.1) is 0 Å². The van der Waals surface area contributed by atoms with E-state index in [1.165, 1.54) is 18.9 Å². The molecule has 1 N–H and O–H groups in total. The van der Waals surface area contributed by atoms with Crippen LogP contribution in [0.4, 0.5) is 0 Å². The van der Waals surface area contributed by atoms with Gasteiger partial charge in [-0.25, -0.2) is 10.2 Å². The predicted molar refractivity (Wildman–Crippen MR) is 52.0 cm³/mol. The summed E-state index contributed by atoms with van der Waals surface area (Å²) in [7, 11) is 1.40. The Morgan fingerprint density at radius 2 is 2.53 bits per heavy atom. The number of thioether (sulfide) groups is 1. The third-order valence-corrected chi connectivity index (χ3v) is 2.84. The van der Waals surface area contributed by atoms with E-state index in [0.717, 1.165) is 12.8 Å². The number of aromatic nitrogens is 4. The number of nitrogens with one attached hydrogen (secondary N) is 1. The molecule has 0 unspecified atom stereocenters. The summed E-state index contributed by atoms with van der Waals surface area (Å²) >= 11 is 1.30. The number of nitrogens with zero attached hydrogens (tertiary/aromatic N) is 4. The molecule has 0 spiro atoms. The van der Waals surface area contributed by atoms with Crippen molar-refractivity contribution in [3.8, 4) is 0 Å². The molecular weight excluding hydrogens is 218 g/mol. The van der Waals surface area contributed by atoms with Gasteiger partial charge in [0, 0.05) is 0 Å². The largest absolute Gasteiger partial charge is 0.277 e. The van der Waals surface area contributed by atoms with E-state index >= 15 is 0 Å². The molecule has 0 aromatic carbocycles. The van der Waals surface area contributed by atoms with E-state index in [4.69, 9.17) is 0 Å². The zero-order valence-electron chi connectivity index (χ0n) is 8.21. The molecule has 1 aromatic rings. The number of amides is 1. The summed E-state index contributed by atoms with van der Waals surface area (Å²) in [6.07, 6.45) is 2.23. The fourth-order valence-corrected chi connectivity index (χ4v) is 1.83. The van der Waals surface area contributed by atoms with Crippen LogP contribution in [0.2, 0.25) is 0 Å². The topological polar surface area (TPSA) is 81.9 Å². The lowest BCUT2D eigenvalue weighted by Gasteiger charge is -2.02. The van der Waals surface area contributed by atoms with Gasteiger partial charge in [-0.1, -0.05) is 11.8 Å². The fraction of sp³-hybridized carbons (Fsp3) is 0.714. The van der Waals surface area contributed by atoms with Crippen molar-refractivity contribution in [2.24, 2.45) is 0 Å². The Morgan fingerprint density at radius 3 is 3.20 bits per heavy atom. The third-order valence-electron chi connectivity index (χ3n) is 1.90. The second kappa shape index (κ2) is 4.58. The Balaban J connectivity index is 1.87. The zero-order chi connectivity index (χ0) is 10.7. The monoisotopic (exact) mass is 229 g/mol. The molecule has 0 bridgehead atoms. The molecule has 82 valence electrons. The third kappa shape index (κ3) is 2.66. The second-order valence-corrected chi connectivity index (χ2v) is 4.10. The first-order valence-corrected chi connectivity index (χ1v) is 5.52. The van der Waals surface area contributed by atoms with Crippen LogP contribution in [0.1, 0.15) is 18.9 Å². The Kier molecular flexibility index (Phi) is 3.17. The standard InChI is InChI=1S/C7H11N5O2S/c1-14-9-6(13)4-15-7-8-10-11-12(7)5-2-3-5/h5H,2-4H2,1H3,(H,9,13). The van der Waals surface area contributed by atoms with Gasteiger partial charge in [-0.2, -0.15) is 0 Å². The van der Waals surface area contributed by atoms with Crippen molar-refractivity contribution in [1.29, 1.82) is 0 Å². The van der Waals surface area contributed by atoms with E-state index in [2.05, 4.69) is 25.8 Å². The van der Waals surface area contributed by atoms with Crippen molar-refractivity contribution in [3.05, 3.63) is 0 Å². The maximum absolute atomic E-state index is 11.1. The van der Waals surface area contributed by atoms with E-state index in [1.54, 1.807) is 4.68 Å². The molecule has 1 amide bonds. The Labute approximate surface area is 90.5 Å². The van der Waals surface area contributed by atoms with Gasteiger partial charge in [-0.05, 0) is 23.3 Å². The summed E-state index contributed by atoms with van der Waals surface area (Å²) in [5.41, 5.74) is 2.23. The summed E-state index contributed by atoms with van der Waals surface area (Å²) in [6.45, 7) is 0. The number of tetrazole rings is 1. The fourth-order valence-electron chi connectivity index (χ4n) is 1.10. The molecule has 1 heterocycles. The van der Waals surface area contributed by atoms with Gasteiger partial charge >= 0.3 is 0 Å². The molecule has 15 heavy (non-hydrogen) atoms. The maximum atomic E-state index is 11.1. The van der Waals surface area contributed by atoms with E-state index in [1.807, 2.05) is 0 Å². The number of rotatable bonds is 5. The van der Waals surface area contributed by atoms with Gasteiger partial charge in [0.1, 0.15) is 0 Å². The highest BCUT2D eigenvalue weighted by atomic mass is 32.2. The smallest absolute Gasteiger partial charge is 0.253 e. The van der Waals surface area contributed by atoms with Crippen LogP contribution in [-0.2, 0) is 9.63 Å². The SMILES string of the molecule is CONC(=O)CSc1nnnn1C1CC1. The van der Waals surface area contributed by atoms with Crippen molar-refractivity contribution in [1.82, 2.24) is 25.7 Å². The molecule has 1 aliphatic rings. The van der Waals surface area contributed by atoms with Crippen molar-refractivity contribution in [2.75, 3.05) is 12.9 Å². The summed E-state index contributed by atoms with van der Waals surface area (Å²) in [6, 6.07) is 0.424. The van der Waals surface area contributed by atoms with Crippen LogP contribution >= 0.6 is 11.8 Å². The summed E-state index contributed by atoms with van der Waals surface area (Å²) < 4.78 is 1.77. The lowest BCUT2D eigenvalue weighted by molar-refractivity contribution is -0.128. The molecule has 1 aromatic heterocycles. The number of hydroxylamine groups is 1. The average Bonchev–Trinajstić information content (AvgIpc) is 2.96. The number of carbonyl (C=O) groups is 1. The average molecular weight is 229 g/mol. The molecular formula is C7H11N5O2S. The first kappa shape index (κ1) is 10.4. The molecule has 2 rings (SSSR count). The highest BCUT2D eigenvalue weighted by Gasteiger charge is 2.28. The van der Waals surface area contributed by atoms with Gasteiger partial charge in [-0.3, -0.25) is 9.63 Å². The lowest BCUT2D eigenvalue weighted by atomic mass is 10.7. The normalized spacial score (nSPS) is 15.3. The van der Waals surface area contributed by atoms with Crippen LogP contribution in [-0.4, -0.2) is 39.0 Å². The minimum atomic E-state index is -0.201. The molecule has 0 atom stereocenters. The highest BCUT2D eigenvalue weighted by molar-refractivity contribution is 7.99. The van der Waals surface area contributed by atoms with Gasteiger partial charge in [0.15, 0.2) is 0 Å². The van der Waals surface area contributed by atoms with Gasteiger partial charge < -0.3 is 0 Å². The first-order chi connectivity index (χ1) is 7.31. The van der Waals surface area contributed by atoms with E-state index in [-0.39, 0.29) is 11.7 Å². The molecule has 0 saturated heterocycles. The van der Waals surface area contributed by atoms with Crippen molar-refractivity contribution >= 4 is 17.7 Å². The molecule has 8 heteroatoms. The van der Waals surface area contributed by atoms with Crippen molar-refractivity contribution in [3.63, 3.8) is 0 Å². The van der Waals surface area contributed by atoms with Crippen molar-refractivity contribution in [2.45, 2.75) is 24.0 Å². The molecule has 0 radical (unpaired) electrons. The van der Waals surface area contributed by atoms with Crippen molar-refractivity contribution < 1.29 is 9.63 Å². The lowest BCUT2D eigenvalue weighted by Crippen LogP contribution is -2.23. The second-order valence-electron chi connectivity index (χ2n) is 3.16. The van der Waals surface area contributed by atoms with Crippen LogP contribution in [0.15, 0.2) is 5.16 Å². The first-order valence-electron chi connectivity index (χ1n) is 4.53. The number of carbonyl (C=O) groups excluding carboxylic acids is 1. The molecule has 1 aliphatic carbocycles. The molecule has 7 nitrogen and oxygen atoms in total. The maximum Gasteiger partial charge on any atom is 0.253 e. The molecule has 0 aliphatic heterocycles. The van der Waals surface area contributed by atoms with E-state index < -0.39 is 0 Å². The molecule has 1 saturated carbocycles. The van der Waals surface area contributed by atoms with E-state index in [0.29, 0.717) is 11.2 Å². The van der Waals surface area contributed by atoms with Crippen LogP contribution in [0.5, 0.6) is 0 Å². The van der Waals surface area contributed by atoms with Crippen LogP contribution in [0.25, 0.3) is 0 Å². The van der Waals surface area contributed by atoms with Gasteiger partial charge in [0.2, 0.25) is 5.16 Å². The van der Waals surface area contributed by atoms with E-state index in [9.17, 15) is 4.79 Å². The summed E-state index contributed by atoms with van der Waals surface area (Å²) in [5.74, 6) is 0.0499. The van der Waals surface area contributed by atoms with Crippen LogP contribution in [0.3, 0.4) is 0 Å². The minimum absolute atomic E-state index is 0.201.